The lowest BCUT2D eigenvalue weighted by Crippen LogP contribution is -2.45. The fraction of sp³-hybridized carbons (Fsp3) is 0.444. The SMILES string of the molecule is C=C(O)C(=O)C(=CO)/C(CN(C)C(CCC=O)C(=O)NC)=C(\O)OCc1ccc(CN2CCOCC2)cc1. The molecule has 11 heteroatoms. The first-order valence-corrected chi connectivity index (χ1v) is 12.3. The number of allylic oxidation sites excluding steroid dienone is 1. The number of morpholine rings is 1. The van der Waals surface area contributed by atoms with Gasteiger partial charge in [0.25, 0.3) is 5.95 Å². The Kier molecular flexibility index (Phi) is 12.5. The van der Waals surface area contributed by atoms with E-state index >= 15 is 0 Å². The second kappa shape index (κ2) is 15.6. The fourth-order valence-corrected chi connectivity index (χ4v) is 4.00. The van der Waals surface area contributed by atoms with Gasteiger partial charge in [0.2, 0.25) is 11.7 Å². The van der Waals surface area contributed by atoms with Crippen LogP contribution in [0.3, 0.4) is 0 Å². The molecular weight excluding hydrogens is 494 g/mol. The number of nitrogens with one attached hydrogen (secondary N) is 1. The van der Waals surface area contributed by atoms with Gasteiger partial charge < -0.3 is 34.9 Å². The second-order valence-electron chi connectivity index (χ2n) is 8.89. The molecule has 1 aliphatic rings. The zero-order valence-electron chi connectivity index (χ0n) is 21.9. The van der Waals surface area contributed by atoms with Crippen molar-refractivity contribution in [2.24, 2.45) is 0 Å². The van der Waals surface area contributed by atoms with Gasteiger partial charge in [0.1, 0.15) is 12.9 Å². The summed E-state index contributed by atoms with van der Waals surface area (Å²) in [5.74, 6) is -2.92. The molecular formula is C27H37N3O8. The van der Waals surface area contributed by atoms with Crippen molar-refractivity contribution in [1.82, 2.24) is 15.1 Å². The van der Waals surface area contributed by atoms with Crippen molar-refractivity contribution >= 4 is 18.0 Å². The molecule has 2 rings (SSSR count). The predicted molar refractivity (Wildman–Crippen MR) is 140 cm³/mol. The quantitative estimate of drug-likeness (QED) is 0.114. The van der Waals surface area contributed by atoms with E-state index in [0.717, 1.165) is 30.8 Å². The summed E-state index contributed by atoms with van der Waals surface area (Å²) < 4.78 is 10.9. The number of carbonyl (C=O) groups is 3. The number of carbonyl (C=O) groups excluding carboxylic acids is 3. The zero-order valence-corrected chi connectivity index (χ0v) is 21.9. The van der Waals surface area contributed by atoms with Gasteiger partial charge in [-0.25, -0.2) is 0 Å². The number of amides is 1. The zero-order chi connectivity index (χ0) is 28.1. The molecule has 1 atom stereocenters. The van der Waals surface area contributed by atoms with Gasteiger partial charge in [0.15, 0.2) is 5.76 Å². The van der Waals surface area contributed by atoms with Crippen LogP contribution in [0.4, 0.5) is 0 Å². The Morgan fingerprint density at radius 3 is 2.39 bits per heavy atom. The Balaban J connectivity index is 2.22. The highest BCUT2D eigenvalue weighted by atomic mass is 16.6. The highest BCUT2D eigenvalue weighted by molar-refractivity contribution is 6.09. The van der Waals surface area contributed by atoms with Gasteiger partial charge in [-0.3, -0.25) is 19.4 Å². The molecule has 1 heterocycles. The van der Waals surface area contributed by atoms with Crippen molar-refractivity contribution < 1.29 is 39.2 Å². The maximum absolute atomic E-state index is 12.5. The first-order valence-electron chi connectivity index (χ1n) is 12.3. The Morgan fingerprint density at radius 2 is 1.84 bits per heavy atom. The van der Waals surface area contributed by atoms with Crippen molar-refractivity contribution in [3.05, 3.63) is 71.1 Å². The number of hydrogen-bond acceptors (Lipinski definition) is 10. The van der Waals surface area contributed by atoms with Crippen LogP contribution in [0.5, 0.6) is 0 Å². The van der Waals surface area contributed by atoms with Gasteiger partial charge in [0, 0.05) is 39.6 Å². The Hall–Kier alpha value is -3.67. The lowest BCUT2D eigenvalue weighted by atomic mass is 10.0. The molecule has 0 aromatic heterocycles. The van der Waals surface area contributed by atoms with Crippen LogP contribution in [0, 0.1) is 0 Å². The van der Waals surface area contributed by atoms with Crippen LogP contribution in [0.1, 0.15) is 24.0 Å². The van der Waals surface area contributed by atoms with Gasteiger partial charge in [-0.05, 0) is 24.6 Å². The van der Waals surface area contributed by atoms with Gasteiger partial charge in [-0.2, -0.15) is 0 Å². The first kappa shape index (κ1) is 30.6. The second-order valence-corrected chi connectivity index (χ2v) is 8.89. The highest BCUT2D eigenvalue weighted by Gasteiger charge is 2.28. The first-order chi connectivity index (χ1) is 18.2. The van der Waals surface area contributed by atoms with E-state index < -0.39 is 29.1 Å². The minimum atomic E-state index is -1.03. The number of ether oxygens (including phenoxy) is 2. The number of benzene rings is 1. The van der Waals surface area contributed by atoms with E-state index in [1.807, 2.05) is 24.3 Å². The summed E-state index contributed by atoms with van der Waals surface area (Å²) in [6.45, 7) is 6.87. The molecule has 1 amide bonds. The van der Waals surface area contributed by atoms with E-state index in [1.54, 1.807) is 7.05 Å². The van der Waals surface area contributed by atoms with E-state index in [2.05, 4.69) is 16.8 Å². The number of ketones is 1. The molecule has 1 aromatic rings. The van der Waals surface area contributed by atoms with Crippen LogP contribution in [0.25, 0.3) is 0 Å². The van der Waals surface area contributed by atoms with Gasteiger partial charge in [-0.15, -0.1) is 0 Å². The van der Waals surface area contributed by atoms with Crippen molar-refractivity contribution in [2.45, 2.75) is 32.0 Å². The van der Waals surface area contributed by atoms with E-state index in [9.17, 15) is 29.7 Å². The van der Waals surface area contributed by atoms with Crippen molar-refractivity contribution in [3.63, 3.8) is 0 Å². The third-order valence-electron chi connectivity index (χ3n) is 6.17. The maximum atomic E-state index is 12.5. The smallest absolute Gasteiger partial charge is 0.282 e. The van der Waals surface area contributed by atoms with Crippen LogP contribution >= 0.6 is 0 Å². The number of Topliss-reactive ketones (excluding diaryl/α,β-unsaturated/α-hetero) is 1. The van der Waals surface area contributed by atoms with Crippen LogP contribution in [0.15, 0.2) is 60.0 Å². The molecule has 1 aliphatic heterocycles. The topological polar surface area (TPSA) is 149 Å². The summed E-state index contributed by atoms with van der Waals surface area (Å²) in [5.41, 5.74) is 1.25. The third-order valence-corrected chi connectivity index (χ3v) is 6.17. The fourth-order valence-electron chi connectivity index (χ4n) is 4.00. The van der Waals surface area contributed by atoms with Gasteiger partial charge >= 0.3 is 0 Å². The summed E-state index contributed by atoms with van der Waals surface area (Å²) in [5, 5.41) is 32.7. The molecule has 38 heavy (non-hydrogen) atoms. The Bertz CT molecular complexity index is 1030. The molecule has 0 radical (unpaired) electrons. The number of aldehydes is 1. The van der Waals surface area contributed by atoms with Crippen LogP contribution < -0.4 is 5.32 Å². The monoisotopic (exact) mass is 531 g/mol. The number of rotatable bonds is 15. The molecule has 0 saturated carbocycles. The standard InChI is InChI=1S/C27H37N3O8/c1-19(33)25(34)23(17-32)22(16-29(3)24(5-4-12-31)26(35)28-2)27(36)38-18-21-8-6-20(7-9-21)15-30-10-13-37-14-11-30/h6-9,12,17,24,32-33,36H,1,4-5,10-11,13-16,18H2,2-3H3,(H,28,35)/b23-17?,27-22+. The van der Waals surface area contributed by atoms with Crippen molar-refractivity contribution in [2.75, 3.05) is 46.9 Å². The van der Waals surface area contributed by atoms with E-state index in [1.165, 1.54) is 11.9 Å². The molecule has 1 fully saturated rings. The molecule has 11 nitrogen and oxygen atoms in total. The molecule has 4 N–H and O–H groups in total. The summed E-state index contributed by atoms with van der Waals surface area (Å²) in [6, 6.07) is 6.87. The summed E-state index contributed by atoms with van der Waals surface area (Å²) in [7, 11) is 3.00. The minimum absolute atomic E-state index is 0.0477. The average molecular weight is 532 g/mol. The number of aliphatic hydroxyl groups is 3. The van der Waals surface area contributed by atoms with Gasteiger partial charge in [0.05, 0.1) is 36.7 Å². The maximum Gasteiger partial charge on any atom is 0.282 e. The third kappa shape index (κ3) is 9.02. The predicted octanol–water partition coefficient (Wildman–Crippen LogP) is 1.91. The number of nitrogens with zero attached hydrogens (tertiary/aromatic N) is 2. The minimum Gasteiger partial charge on any atom is -0.515 e. The molecule has 1 unspecified atom stereocenters. The van der Waals surface area contributed by atoms with Crippen LogP contribution in [0.2, 0.25) is 0 Å². The Morgan fingerprint density at radius 1 is 1.21 bits per heavy atom. The van der Waals surface area contributed by atoms with Crippen LogP contribution in [-0.2, 0) is 37.0 Å². The molecule has 1 aromatic carbocycles. The summed E-state index contributed by atoms with van der Waals surface area (Å²) >= 11 is 0. The number of hydrogen-bond donors (Lipinski definition) is 4. The van der Waals surface area contributed by atoms with Gasteiger partial charge in [-0.1, -0.05) is 30.8 Å². The molecule has 0 aliphatic carbocycles. The van der Waals surface area contributed by atoms with E-state index in [4.69, 9.17) is 9.47 Å². The van der Waals surface area contributed by atoms with E-state index in [0.29, 0.717) is 25.8 Å². The normalized spacial score (nSPS) is 15.9. The molecule has 0 spiro atoms. The summed E-state index contributed by atoms with van der Waals surface area (Å²) in [4.78, 5) is 39.5. The van der Waals surface area contributed by atoms with Crippen molar-refractivity contribution in [3.8, 4) is 0 Å². The molecule has 208 valence electrons. The van der Waals surface area contributed by atoms with Crippen molar-refractivity contribution in [1.29, 1.82) is 0 Å². The molecule has 0 bridgehead atoms. The molecule has 1 saturated heterocycles. The van der Waals surface area contributed by atoms with E-state index in [-0.39, 0.29) is 37.5 Å². The largest absolute Gasteiger partial charge is 0.515 e. The number of likely N-dealkylation sites (N-methyl/N-ethyl adjacent to an activating group) is 2. The average Bonchev–Trinajstić information content (AvgIpc) is 2.92. The summed E-state index contributed by atoms with van der Waals surface area (Å²) in [6.07, 6.45) is 1.42. The number of aliphatic hydroxyl groups excluding tert-OH is 3. The Labute approximate surface area is 222 Å². The lowest BCUT2D eigenvalue weighted by molar-refractivity contribution is -0.125. The van der Waals surface area contributed by atoms with Crippen LogP contribution in [-0.4, -0.2) is 96.1 Å². The lowest BCUT2D eigenvalue weighted by Gasteiger charge is -2.27. The highest BCUT2D eigenvalue weighted by Crippen LogP contribution is 2.22.